The molecule has 1 amide bonds. The Morgan fingerprint density at radius 2 is 1.86 bits per heavy atom. The molecule has 0 saturated heterocycles. The van der Waals surface area contributed by atoms with Crippen molar-refractivity contribution in [3.05, 3.63) is 63.7 Å². The number of esters is 1. The number of nitrogens with two attached hydrogens (primary N) is 1. The third-order valence-corrected chi connectivity index (χ3v) is 3.61. The van der Waals surface area contributed by atoms with E-state index in [1.54, 1.807) is 0 Å². The van der Waals surface area contributed by atoms with Crippen molar-refractivity contribution in [2.24, 2.45) is 0 Å². The van der Waals surface area contributed by atoms with E-state index in [9.17, 15) is 32.9 Å². The van der Waals surface area contributed by atoms with Gasteiger partial charge in [0, 0.05) is 11.8 Å². The van der Waals surface area contributed by atoms with Gasteiger partial charge in [-0.2, -0.15) is 13.2 Å². The van der Waals surface area contributed by atoms with Crippen molar-refractivity contribution in [3.8, 4) is 0 Å². The van der Waals surface area contributed by atoms with Crippen molar-refractivity contribution in [1.29, 1.82) is 0 Å². The van der Waals surface area contributed by atoms with Gasteiger partial charge in [0.1, 0.15) is 5.69 Å². The number of anilines is 2. The van der Waals surface area contributed by atoms with E-state index in [-0.39, 0.29) is 16.9 Å². The molecule has 0 unspecified atom stereocenters. The maximum atomic E-state index is 12.6. The smallest absolute Gasteiger partial charge is 0.416 e. The summed E-state index contributed by atoms with van der Waals surface area (Å²) in [6.07, 6.45) is -6.03. The van der Waals surface area contributed by atoms with Crippen LogP contribution < -0.4 is 11.1 Å². The minimum absolute atomic E-state index is 0.102. The van der Waals surface area contributed by atoms with E-state index in [1.165, 1.54) is 31.2 Å². The third kappa shape index (κ3) is 4.75. The third-order valence-electron chi connectivity index (χ3n) is 3.61. The van der Waals surface area contributed by atoms with Gasteiger partial charge < -0.3 is 15.8 Å². The van der Waals surface area contributed by atoms with E-state index >= 15 is 0 Å². The van der Waals surface area contributed by atoms with Crippen LogP contribution >= 0.6 is 0 Å². The molecule has 0 aliphatic heterocycles. The highest BCUT2D eigenvalue weighted by Gasteiger charge is 2.31. The molecular weight excluding hydrogens is 383 g/mol. The lowest BCUT2D eigenvalue weighted by Crippen LogP contribution is -2.30. The van der Waals surface area contributed by atoms with Crippen molar-refractivity contribution in [2.45, 2.75) is 19.2 Å². The number of nitrogens with one attached hydrogen (secondary N) is 1. The normalized spacial score (nSPS) is 12.1. The van der Waals surface area contributed by atoms with E-state index in [0.717, 1.165) is 6.07 Å². The number of nitrogens with zero attached hydrogens (tertiary/aromatic N) is 1. The Labute approximate surface area is 156 Å². The number of ether oxygens (including phenoxy) is 1. The molecule has 2 aromatic rings. The van der Waals surface area contributed by atoms with Crippen molar-refractivity contribution in [1.82, 2.24) is 0 Å². The number of nitrogen functional groups attached to an aromatic ring is 1. The summed E-state index contributed by atoms with van der Waals surface area (Å²) in [6, 6.07) is 7.41. The Bertz CT molecular complexity index is 930. The number of para-hydroxylation sites is 2. The quantitative estimate of drug-likeness (QED) is 0.345. The average Bonchev–Trinajstić information content (AvgIpc) is 2.60. The van der Waals surface area contributed by atoms with Crippen molar-refractivity contribution in [3.63, 3.8) is 0 Å². The fraction of sp³-hybridized carbons (Fsp3) is 0.176. The number of carbonyl (C=O) groups excluding carboxylic acids is 2. The van der Waals surface area contributed by atoms with Crippen molar-refractivity contribution < 1.29 is 32.4 Å². The number of benzene rings is 2. The van der Waals surface area contributed by atoms with Crippen LogP contribution in [0.25, 0.3) is 0 Å². The zero-order valence-electron chi connectivity index (χ0n) is 14.3. The Balaban J connectivity index is 2.10. The molecule has 3 N–H and O–H groups in total. The first-order valence-corrected chi connectivity index (χ1v) is 7.72. The largest absolute Gasteiger partial charge is 0.449 e. The second-order valence-corrected chi connectivity index (χ2v) is 5.61. The lowest BCUT2D eigenvalue weighted by Gasteiger charge is -2.15. The van der Waals surface area contributed by atoms with Gasteiger partial charge in [-0.25, -0.2) is 4.79 Å². The molecule has 148 valence electrons. The first kappa shape index (κ1) is 20.7. The molecule has 0 bridgehead atoms. The Morgan fingerprint density at radius 3 is 2.43 bits per heavy atom. The fourth-order valence-electron chi connectivity index (χ4n) is 2.18. The Morgan fingerprint density at radius 1 is 1.21 bits per heavy atom. The molecule has 0 fully saturated rings. The van der Waals surface area contributed by atoms with Gasteiger partial charge in [0.05, 0.1) is 16.1 Å². The number of rotatable bonds is 5. The number of amides is 1. The monoisotopic (exact) mass is 397 g/mol. The molecule has 0 spiro atoms. The summed E-state index contributed by atoms with van der Waals surface area (Å²) < 4.78 is 42.8. The second kappa shape index (κ2) is 7.94. The van der Waals surface area contributed by atoms with Crippen LogP contribution in [0.4, 0.5) is 30.2 Å². The van der Waals surface area contributed by atoms with Crippen LogP contribution in [0.5, 0.6) is 0 Å². The van der Waals surface area contributed by atoms with E-state index < -0.39 is 40.3 Å². The minimum atomic E-state index is -4.63. The molecule has 2 rings (SSSR count). The van der Waals surface area contributed by atoms with E-state index in [4.69, 9.17) is 10.5 Å². The van der Waals surface area contributed by atoms with Gasteiger partial charge in [0.2, 0.25) is 0 Å². The van der Waals surface area contributed by atoms with Crippen LogP contribution in [0.3, 0.4) is 0 Å². The van der Waals surface area contributed by atoms with Crippen LogP contribution in [0.15, 0.2) is 42.5 Å². The van der Waals surface area contributed by atoms with Gasteiger partial charge >= 0.3 is 12.1 Å². The van der Waals surface area contributed by atoms with Gasteiger partial charge in [-0.3, -0.25) is 14.9 Å². The maximum Gasteiger partial charge on any atom is 0.416 e. The summed E-state index contributed by atoms with van der Waals surface area (Å²) in [6.45, 7) is 1.20. The molecule has 28 heavy (non-hydrogen) atoms. The summed E-state index contributed by atoms with van der Waals surface area (Å²) in [4.78, 5) is 34.5. The lowest BCUT2D eigenvalue weighted by atomic mass is 10.1. The SMILES string of the molecule is C[C@H](OC(=O)c1ccc(C(F)(F)F)cc1N)C(=O)Nc1ccccc1[N+](=O)[O-]. The number of nitro benzene ring substituents is 1. The molecular formula is C17H14F3N3O5. The van der Waals surface area contributed by atoms with Gasteiger partial charge in [0.25, 0.3) is 11.6 Å². The highest BCUT2D eigenvalue weighted by atomic mass is 19.4. The van der Waals surface area contributed by atoms with Gasteiger partial charge in [0.15, 0.2) is 6.10 Å². The molecule has 1 atom stereocenters. The van der Waals surface area contributed by atoms with Crippen molar-refractivity contribution >= 4 is 28.9 Å². The summed E-state index contributed by atoms with van der Waals surface area (Å²) in [5, 5.41) is 13.2. The molecule has 11 heteroatoms. The standard InChI is InChI=1S/C17H14F3N3O5/c1-9(15(24)22-13-4-2-3-5-14(13)23(26)27)28-16(25)11-7-6-10(8-12(11)21)17(18,19)20/h2-9H,21H2,1H3,(H,22,24)/t9-/m0/s1. The second-order valence-electron chi connectivity index (χ2n) is 5.61. The van der Waals surface area contributed by atoms with Crippen LogP contribution in [-0.4, -0.2) is 22.9 Å². The Kier molecular flexibility index (Phi) is 5.87. The molecule has 0 aliphatic carbocycles. The zero-order chi connectivity index (χ0) is 21.1. The molecule has 2 aromatic carbocycles. The first-order valence-electron chi connectivity index (χ1n) is 7.72. The number of halogens is 3. The van der Waals surface area contributed by atoms with Gasteiger partial charge in [-0.05, 0) is 31.2 Å². The number of nitro groups is 1. The number of carbonyl (C=O) groups is 2. The predicted molar refractivity (Wildman–Crippen MR) is 92.5 cm³/mol. The molecule has 0 aliphatic rings. The average molecular weight is 397 g/mol. The van der Waals surface area contributed by atoms with E-state index in [0.29, 0.717) is 12.1 Å². The van der Waals surface area contributed by atoms with E-state index in [2.05, 4.69) is 5.32 Å². The van der Waals surface area contributed by atoms with Gasteiger partial charge in [-0.15, -0.1) is 0 Å². The minimum Gasteiger partial charge on any atom is -0.449 e. The summed E-state index contributed by atoms with van der Waals surface area (Å²) in [7, 11) is 0. The number of hydrogen-bond donors (Lipinski definition) is 2. The number of alkyl halides is 3. The summed E-state index contributed by atoms with van der Waals surface area (Å²) in [5.74, 6) is -1.98. The highest BCUT2D eigenvalue weighted by molar-refractivity contribution is 6.00. The molecule has 0 aromatic heterocycles. The molecule has 0 heterocycles. The lowest BCUT2D eigenvalue weighted by molar-refractivity contribution is -0.383. The maximum absolute atomic E-state index is 12.6. The molecule has 0 radical (unpaired) electrons. The van der Waals surface area contributed by atoms with Crippen molar-refractivity contribution in [2.75, 3.05) is 11.1 Å². The fourth-order valence-corrected chi connectivity index (χ4v) is 2.18. The highest BCUT2D eigenvalue weighted by Crippen LogP contribution is 2.31. The predicted octanol–water partition coefficient (Wildman–Crippen LogP) is 3.38. The van der Waals surface area contributed by atoms with Crippen LogP contribution in [-0.2, 0) is 15.7 Å². The van der Waals surface area contributed by atoms with Crippen LogP contribution in [0.2, 0.25) is 0 Å². The number of hydrogen-bond acceptors (Lipinski definition) is 6. The first-order chi connectivity index (χ1) is 13.0. The zero-order valence-corrected chi connectivity index (χ0v) is 14.3. The van der Waals surface area contributed by atoms with Gasteiger partial charge in [-0.1, -0.05) is 12.1 Å². The summed E-state index contributed by atoms with van der Waals surface area (Å²) in [5.41, 5.74) is 3.16. The topological polar surface area (TPSA) is 125 Å². The molecule has 0 saturated carbocycles. The van der Waals surface area contributed by atoms with E-state index in [1.807, 2.05) is 0 Å². The Hall–Kier alpha value is -3.63. The molecule has 8 nitrogen and oxygen atoms in total. The summed E-state index contributed by atoms with van der Waals surface area (Å²) >= 11 is 0. The van der Waals surface area contributed by atoms with Crippen LogP contribution in [0.1, 0.15) is 22.8 Å². The van der Waals surface area contributed by atoms with Crippen LogP contribution in [0, 0.1) is 10.1 Å².